The molecule has 1 aromatic heterocycles. The summed E-state index contributed by atoms with van der Waals surface area (Å²) in [5, 5.41) is 13.6. The topological polar surface area (TPSA) is 73.4 Å². The van der Waals surface area contributed by atoms with Gasteiger partial charge >= 0.3 is 0 Å². The molecule has 6 heteroatoms. The Balaban J connectivity index is 2.31. The van der Waals surface area contributed by atoms with Crippen molar-refractivity contribution in [3.63, 3.8) is 0 Å². The second kappa shape index (κ2) is 6.26. The summed E-state index contributed by atoms with van der Waals surface area (Å²) >= 11 is 1.69. The molecule has 138 valence electrons. The number of thiophene rings is 1. The first-order chi connectivity index (χ1) is 12.1. The predicted molar refractivity (Wildman–Crippen MR) is 104 cm³/mol. The molecule has 3 rings (SSSR count). The molecule has 0 fully saturated rings. The van der Waals surface area contributed by atoms with Crippen molar-refractivity contribution in [2.24, 2.45) is 11.1 Å². The van der Waals surface area contributed by atoms with E-state index in [0.29, 0.717) is 17.8 Å². The second-order valence-electron chi connectivity index (χ2n) is 8.17. The van der Waals surface area contributed by atoms with Crippen molar-refractivity contribution in [2.45, 2.75) is 46.5 Å². The summed E-state index contributed by atoms with van der Waals surface area (Å²) in [6, 6.07) is 4.40. The zero-order valence-electron chi connectivity index (χ0n) is 16.3. The molecule has 0 saturated heterocycles. The number of hydrogen-bond donors (Lipinski definition) is 1. The van der Waals surface area contributed by atoms with Gasteiger partial charge in [-0.05, 0) is 37.3 Å². The Morgan fingerprint density at radius 3 is 2.50 bits per heavy atom. The highest BCUT2D eigenvalue weighted by molar-refractivity contribution is 7.12. The van der Waals surface area contributed by atoms with Crippen LogP contribution in [0.15, 0.2) is 28.7 Å². The summed E-state index contributed by atoms with van der Waals surface area (Å²) in [5.41, 5.74) is 9.50. The lowest BCUT2D eigenvalue weighted by Gasteiger charge is -2.45. The van der Waals surface area contributed by atoms with Crippen LogP contribution in [-0.4, -0.2) is 29.9 Å². The van der Waals surface area contributed by atoms with Crippen molar-refractivity contribution in [1.82, 2.24) is 10.0 Å². The molecule has 1 atom stereocenters. The molecule has 2 heterocycles. The molecular weight excluding hydrogens is 344 g/mol. The maximum Gasteiger partial charge on any atom is 0.162 e. The highest BCUT2D eigenvalue weighted by Crippen LogP contribution is 2.50. The standard InChI is InChI=1S/C20H26N4OS/c1-11-7-13(12(2)26-11)17-14(10-21)19(22)24(23(5)6)15-8-20(3,4)9-16(25)18(15)17/h7,17H,8-9,22H2,1-6H3/t17-/m1/s1. The lowest BCUT2D eigenvalue weighted by molar-refractivity contribution is -0.119. The van der Waals surface area contributed by atoms with E-state index < -0.39 is 0 Å². The van der Waals surface area contributed by atoms with Crippen LogP contribution in [0.2, 0.25) is 0 Å². The number of rotatable bonds is 2. The third-order valence-electron chi connectivity index (χ3n) is 5.14. The van der Waals surface area contributed by atoms with Crippen LogP contribution >= 0.6 is 11.3 Å². The summed E-state index contributed by atoms with van der Waals surface area (Å²) < 4.78 is 0. The van der Waals surface area contributed by atoms with E-state index in [1.807, 2.05) is 31.0 Å². The number of carbonyl (C=O) groups excluding carboxylic acids is 1. The van der Waals surface area contributed by atoms with E-state index in [0.717, 1.165) is 28.1 Å². The lowest BCUT2D eigenvalue weighted by atomic mass is 9.69. The molecule has 0 aromatic carbocycles. The third kappa shape index (κ3) is 2.85. The van der Waals surface area contributed by atoms with Crippen molar-refractivity contribution in [3.8, 4) is 6.07 Å². The van der Waals surface area contributed by atoms with Gasteiger partial charge in [-0.2, -0.15) is 5.26 Å². The van der Waals surface area contributed by atoms with Crippen LogP contribution in [0, 0.1) is 30.6 Å². The van der Waals surface area contributed by atoms with Gasteiger partial charge in [-0.25, -0.2) is 5.01 Å². The molecule has 1 aliphatic carbocycles. The Morgan fingerprint density at radius 2 is 2.00 bits per heavy atom. The van der Waals surface area contributed by atoms with E-state index in [9.17, 15) is 10.1 Å². The van der Waals surface area contributed by atoms with Crippen LogP contribution in [0.25, 0.3) is 0 Å². The van der Waals surface area contributed by atoms with Gasteiger partial charge in [0.15, 0.2) is 5.78 Å². The van der Waals surface area contributed by atoms with Crippen molar-refractivity contribution >= 4 is 17.1 Å². The molecular formula is C20H26N4OS. The summed E-state index contributed by atoms with van der Waals surface area (Å²) in [6.45, 7) is 8.32. The van der Waals surface area contributed by atoms with Crippen LogP contribution in [0.4, 0.5) is 0 Å². The van der Waals surface area contributed by atoms with Crippen molar-refractivity contribution in [2.75, 3.05) is 14.1 Å². The summed E-state index contributed by atoms with van der Waals surface area (Å²) in [6.07, 6.45) is 1.24. The number of hydrazine groups is 1. The van der Waals surface area contributed by atoms with Crippen LogP contribution in [0.1, 0.15) is 47.9 Å². The minimum atomic E-state index is -0.361. The van der Waals surface area contributed by atoms with Gasteiger partial charge < -0.3 is 5.73 Å². The maximum absolute atomic E-state index is 13.2. The highest BCUT2D eigenvalue weighted by atomic mass is 32.1. The Kier molecular flexibility index (Phi) is 4.50. The summed E-state index contributed by atoms with van der Waals surface area (Å²) in [5.74, 6) is 0.186. The maximum atomic E-state index is 13.2. The number of aryl methyl sites for hydroxylation is 2. The second-order valence-corrected chi connectivity index (χ2v) is 9.63. The zero-order valence-corrected chi connectivity index (χ0v) is 17.1. The SMILES string of the molecule is Cc1cc([C@@H]2C(C#N)=C(N)N(N(C)C)C3=C2C(=O)CC(C)(C)C3)c(C)s1. The number of Topliss-reactive ketones (excluding diaryl/α,β-unsaturated/α-hetero) is 1. The number of ketones is 1. The highest BCUT2D eigenvalue weighted by Gasteiger charge is 2.45. The number of hydrogen-bond acceptors (Lipinski definition) is 6. The zero-order chi connectivity index (χ0) is 19.4. The van der Waals surface area contributed by atoms with Crippen molar-refractivity contribution in [1.29, 1.82) is 5.26 Å². The van der Waals surface area contributed by atoms with Gasteiger partial charge in [-0.15, -0.1) is 11.3 Å². The minimum Gasteiger partial charge on any atom is -0.383 e. The molecule has 1 aromatic rings. The van der Waals surface area contributed by atoms with E-state index >= 15 is 0 Å². The van der Waals surface area contributed by atoms with E-state index in [4.69, 9.17) is 5.73 Å². The fraction of sp³-hybridized carbons (Fsp3) is 0.500. The van der Waals surface area contributed by atoms with E-state index in [1.165, 1.54) is 4.88 Å². The Hall–Kier alpha value is -2.10. The van der Waals surface area contributed by atoms with Gasteiger partial charge in [0.2, 0.25) is 0 Å². The van der Waals surface area contributed by atoms with Gasteiger partial charge in [-0.3, -0.25) is 9.80 Å². The Labute approximate surface area is 159 Å². The number of nitriles is 1. The molecule has 0 radical (unpaired) electrons. The fourth-order valence-corrected chi connectivity index (χ4v) is 5.16. The first kappa shape index (κ1) is 18.7. The van der Waals surface area contributed by atoms with Gasteiger partial charge in [0.25, 0.3) is 0 Å². The van der Waals surface area contributed by atoms with Crippen LogP contribution < -0.4 is 5.73 Å². The minimum absolute atomic E-state index is 0.122. The molecule has 0 bridgehead atoms. The van der Waals surface area contributed by atoms with E-state index in [-0.39, 0.29) is 17.1 Å². The summed E-state index contributed by atoms with van der Waals surface area (Å²) in [7, 11) is 3.78. The first-order valence-electron chi connectivity index (χ1n) is 8.77. The smallest absolute Gasteiger partial charge is 0.162 e. The van der Waals surface area contributed by atoms with Crippen LogP contribution in [0.3, 0.4) is 0 Å². The Bertz CT molecular complexity index is 882. The number of allylic oxidation sites excluding steroid dienone is 3. The van der Waals surface area contributed by atoms with Crippen LogP contribution in [0.5, 0.6) is 0 Å². The average Bonchev–Trinajstić information content (AvgIpc) is 2.82. The van der Waals surface area contributed by atoms with E-state index in [1.54, 1.807) is 11.3 Å². The molecule has 0 spiro atoms. The molecule has 1 aliphatic heterocycles. The predicted octanol–water partition coefficient (Wildman–Crippen LogP) is 3.58. The molecule has 2 N–H and O–H groups in total. The summed E-state index contributed by atoms with van der Waals surface area (Å²) in [4.78, 5) is 15.5. The average molecular weight is 371 g/mol. The first-order valence-corrected chi connectivity index (χ1v) is 9.59. The molecule has 0 unspecified atom stereocenters. The van der Waals surface area contributed by atoms with Crippen LogP contribution in [-0.2, 0) is 4.79 Å². The monoisotopic (exact) mass is 370 g/mol. The molecule has 26 heavy (non-hydrogen) atoms. The Morgan fingerprint density at radius 1 is 1.35 bits per heavy atom. The van der Waals surface area contributed by atoms with Gasteiger partial charge in [0.1, 0.15) is 5.82 Å². The third-order valence-corrected chi connectivity index (χ3v) is 6.13. The van der Waals surface area contributed by atoms with Gasteiger partial charge in [-0.1, -0.05) is 13.8 Å². The lowest BCUT2D eigenvalue weighted by Crippen LogP contribution is -2.47. The molecule has 2 aliphatic rings. The largest absolute Gasteiger partial charge is 0.383 e. The molecule has 0 amide bonds. The number of nitrogens with zero attached hydrogens (tertiary/aromatic N) is 3. The molecule has 5 nitrogen and oxygen atoms in total. The van der Waals surface area contributed by atoms with Gasteiger partial charge in [0.05, 0.1) is 17.6 Å². The van der Waals surface area contributed by atoms with Crippen molar-refractivity contribution in [3.05, 3.63) is 44.0 Å². The number of nitrogens with two attached hydrogens (primary N) is 1. The normalized spacial score (nSPS) is 22.8. The van der Waals surface area contributed by atoms with E-state index in [2.05, 4.69) is 32.9 Å². The van der Waals surface area contributed by atoms with Crippen molar-refractivity contribution < 1.29 is 4.79 Å². The number of carbonyl (C=O) groups is 1. The fourth-order valence-electron chi connectivity index (χ4n) is 4.20. The quantitative estimate of drug-likeness (QED) is 0.861. The van der Waals surface area contributed by atoms with Gasteiger partial charge in [0, 0.05) is 41.5 Å². The molecule has 0 saturated carbocycles.